The molecule has 0 radical (unpaired) electrons. The van der Waals surface area contributed by atoms with Gasteiger partial charge in [-0.2, -0.15) is 13.2 Å². The van der Waals surface area contributed by atoms with Crippen LogP contribution >= 0.6 is 0 Å². The van der Waals surface area contributed by atoms with Gasteiger partial charge in [-0.25, -0.2) is 0 Å². The van der Waals surface area contributed by atoms with Gasteiger partial charge in [0.15, 0.2) is 6.61 Å². The van der Waals surface area contributed by atoms with Gasteiger partial charge in [-0.15, -0.1) is 0 Å². The van der Waals surface area contributed by atoms with Gasteiger partial charge in [0.25, 0.3) is 0 Å². The van der Waals surface area contributed by atoms with Crippen LogP contribution in [0.2, 0.25) is 0 Å². The Hall–Kier alpha value is -2.70. The summed E-state index contributed by atoms with van der Waals surface area (Å²) in [6, 6.07) is 14.3. The minimum atomic E-state index is -4.37. The number of ether oxygens (including phenoxy) is 1. The minimum Gasteiger partial charge on any atom is -0.484 e. The quantitative estimate of drug-likeness (QED) is 0.856. The van der Waals surface area contributed by atoms with E-state index in [4.69, 9.17) is 10.5 Å². The van der Waals surface area contributed by atoms with Crippen molar-refractivity contribution < 1.29 is 22.7 Å². The number of nitrogens with two attached hydrogens (primary N) is 1. The number of nitrogens with zero attached hydrogens (tertiary/aromatic N) is 1. The van der Waals surface area contributed by atoms with Gasteiger partial charge < -0.3 is 15.4 Å². The van der Waals surface area contributed by atoms with Crippen LogP contribution in [0, 0.1) is 0 Å². The molecule has 2 atom stereocenters. The van der Waals surface area contributed by atoms with Gasteiger partial charge in [0.05, 0.1) is 5.92 Å². The molecule has 7 heteroatoms. The molecule has 0 fully saturated rings. The Morgan fingerprint density at radius 3 is 2.67 bits per heavy atom. The van der Waals surface area contributed by atoms with E-state index in [1.807, 2.05) is 37.3 Å². The van der Waals surface area contributed by atoms with Crippen LogP contribution in [0.25, 0.3) is 0 Å². The second kappa shape index (κ2) is 7.50. The average molecular weight is 378 g/mol. The highest BCUT2D eigenvalue weighted by atomic mass is 19.4. The van der Waals surface area contributed by atoms with E-state index in [1.54, 1.807) is 12.1 Å². The molecule has 0 saturated carbocycles. The summed E-state index contributed by atoms with van der Waals surface area (Å²) in [7, 11) is 0. The van der Waals surface area contributed by atoms with Gasteiger partial charge in [0.1, 0.15) is 5.75 Å². The molecule has 1 heterocycles. The Kier molecular flexibility index (Phi) is 5.30. The number of carbonyl (C=O) groups excluding carboxylic acids is 1. The first-order valence-electron chi connectivity index (χ1n) is 8.68. The third kappa shape index (κ3) is 4.53. The zero-order valence-electron chi connectivity index (χ0n) is 14.9. The van der Waals surface area contributed by atoms with Crippen LogP contribution < -0.4 is 15.4 Å². The number of para-hydroxylation sites is 1. The van der Waals surface area contributed by atoms with Crippen LogP contribution in [0.15, 0.2) is 48.5 Å². The molecule has 2 aromatic rings. The number of anilines is 1. The maximum atomic E-state index is 12.4. The first-order valence-corrected chi connectivity index (χ1v) is 8.68. The van der Waals surface area contributed by atoms with Crippen LogP contribution in [-0.4, -0.2) is 24.7 Å². The number of halogens is 3. The summed E-state index contributed by atoms with van der Waals surface area (Å²) >= 11 is 0. The van der Waals surface area contributed by atoms with Gasteiger partial charge >= 0.3 is 6.18 Å². The van der Waals surface area contributed by atoms with Crippen molar-refractivity contribution in [3.05, 3.63) is 59.7 Å². The van der Waals surface area contributed by atoms with Gasteiger partial charge in [0.2, 0.25) is 5.91 Å². The monoisotopic (exact) mass is 378 g/mol. The molecule has 4 nitrogen and oxygen atoms in total. The predicted molar refractivity (Wildman–Crippen MR) is 96.6 cm³/mol. The number of rotatable bonds is 5. The molecule has 3 rings (SSSR count). The average Bonchev–Trinajstić information content (AvgIpc) is 2.62. The molecule has 27 heavy (non-hydrogen) atoms. The molecule has 1 amide bonds. The molecule has 0 unspecified atom stereocenters. The molecule has 144 valence electrons. The summed E-state index contributed by atoms with van der Waals surface area (Å²) in [5.74, 6) is -0.511. The van der Waals surface area contributed by atoms with Gasteiger partial charge in [-0.05, 0) is 42.7 Å². The molecular formula is C20H21F3N2O2. The highest BCUT2D eigenvalue weighted by molar-refractivity contribution is 5.85. The molecule has 2 N–H and O–H groups in total. The Bertz CT molecular complexity index is 823. The third-order valence-electron chi connectivity index (χ3n) is 4.73. The SMILES string of the molecule is C[C@@H]1C[C@H](C(N)=O)c2ccccc2N1Cc1cccc(OCC(F)(F)F)c1. The Balaban J connectivity index is 1.83. The van der Waals surface area contributed by atoms with E-state index >= 15 is 0 Å². The number of benzene rings is 2. The van der Waals surface area contributed by atoms with Crippen molar-refractivity contribution in [3.63, 3.8) is 0 Å². The first-order chi connectivity index (χ1) is 12.7. The summed E-state index contributed by atoms with van der Waals surface area (Å²) in [5, 5.41) is 0. The van der Waals surface area contributed by atoms with E-state index in [2.05, 4.69) is 4.90 Å². The lowest BCUT2D eigenvalue weighted by molar-refractivity contribution is -0.153. The Labute approximate surface area is 155 Å². The topological polar surface area (TPSA) is 55.6 Å². The zero-order valence-corrected chi connectivity index (χ0v) is 14.9. The summed E-state index contributed by atoms with van der Waals surface area (Å²) in [5.41, 5.74) is 8.19. The molecule has 1 aliphatic rings. The highest BCUT2D eigenvalue weighted by Crippen LogP contribution is 2.39. The minimum absolute atomic E-state index is 0.0529. The summed E-state index contributed by atoms with van der Waals surface area (Å²) in [4.78, 5) is 14.0. The fourth-order valence-corrected chi connectivity index (χ4v) is 3.48. The molecule has 1 aliphatic heterocycles. The molecule has 0 bridgehead atoms. The van der Waals surface area contributed by atoms with Gasteiger partial charge in [0, 0.05) is 18.3 Å². The van der Waals surface area contributed by atoms with Crippen molar-refractivity contribution in [2.45, 2.75) is 38.0 Å². The van der Waals surface area contributed by atoms with Crippen LogP contribution in [0.3, 0.4) is 0 Å². The predicted octanol–water partition coefficient (Wildman–Crippen LogP) is 4.00. The van der Waals surface area contributed by atoms with Crippen molar-refractivity contribution in [1.82, 2.24) is 0 Å². The fourth-order valence-electron chi connectivity index (χ4n) is 3.48. The van der Waals surface area contributed by atoms with Crippen LogP contribution in [-0.2, 0) is 11.3 Å². The van der Waals surface area contributed by atoms with Crippen molar-refractivity contribution in [3.8, 4) is 5.75 Å². The molecule has 0 saturated heterocycles. The van der Waals surface area contributed by atoms with E-state index in [1.165, 1.54) is 6.07 Å². The number of hydrogen-bond acceptors (Lipinski definition) is 3. The van der Waals surface area contributed by atoms with Gasteiger partial charge in [-0.1, -0.05) is 30.3 Å². The van der Waals surface area contributed by atoms with Crippen LogP contribution in [0.5, 0.6) is 5.75 Å². The van der Waals surface area contributed by atoms with E-state index < -0.39 is 12.8 Å². The maximum Gasteiger partial charge on any atom is 0.422 e. The van der Waals surface area contributed by atoms with E-state index in [0.29, 0.717) is 13.0 Å². The smallest absolute Gasteiger partial charge is 0.422 e. The summed E-state index contributed by atoms with van der Waals surface area (Å²) in [6.07, 6.45) is -3.78. The van der Waals surface area contributed by atoms with Crippen molar-refractivity contribution >= 4 is 11.6 Å². The molecule has 2 aromatic carbocycles. The second-order valence-electron chi connectivity index (χ2n) is 6.78. The van der Waals surface area contributed by atoms with Gasteiger partial charge in [-0.3, -0.25) is 4.79 Å². The maximum absolute atomic E-state index is 12.4. The van der Waals surface area contributed by atoms with Crippen molar-refractivity contribution in [2.75, 3.05) is 11.5 Å². The number of fused-ring (bicyclic) bond motifs is 1. The Morgan fingerprint density at radius 2 is 1.96 bits per heavy atom. The molecular weight excluding hydrogens is 357 g/mol. The van der Waals surface area contributed by atoms with Crippen LogP contribution in [0.1, 0.15) is 30.4 Å². The molecule has 0 aliphatic carbocycles. The zero-order chi connectivity index (χ0) is 19.6. The number of hydrogen-bond donors (Lipinski definition) is 1. The lowest BCUT2D eigenvalue weighted by atomic mass is 9.85. The number of alkyl halides is 3. The van der Waals surface area contributed by atoms with E-state index in [0.717, 1.165) is 16.8 Å². The first kappa shape index (κ1) is 19.1. The highest BCUT2D eigenvalue weighted by Gasteiger charge is 2.33. The third-order valence-corrected chi connectivity index (χ3v) is 4.73. The standard InChI is InChI=1S/C20H21F3N2O2/c1-13-9-17(19(24)26)16-7-2-3-8-18(16)25(13)11-14-5-4-6-15(10-14)27-12-20(21,22)23/h2-8,10,13,17H,9,11-12H2,1H3,(H2,24,26)/t13-,17+/m1/s1. The molecule has 0 spiro atoms. The summed E-state index contributed by atoms with van der Waals surface area (Å²) in [6.45, 7) is 1.18. The summed E-state index contributed by atoms with van der Waals surface area (Å²) < 4.78 is 41.9. The largest absolute Gasteiger partial charge is 0.484 e. The fraction of sp³-hybridized carbons (Fsp3) is 0.350. The van der Waals surface area contributed by atoms with E-state index in [-0.39, 0.29) is 23.6 Å². The van der Waals surface area contributed by atoms with Crippen molar-refractivity contribution in [2.24, 2.45) is 5.73 Å². The number of amides is 1. The van der Waals surface area contributed by atoms with E-state index in [9.17, 15) is 18.0 Å². The number of carbonyl (C=O) groups is 1. The second-order valence-corrected chi connectivity index (χ2v) is 6.78. The van der Waals surface area contributed by atoms with Crippen LogP contribution in [0.4, 0.5) is 18.9 Å². The van der Waals surface area contributed by atoms with Crippen molar-refractivity contribution in [1.29, 1.82) is 0 Å². The lowest BCUT2D eigenvalue weighted by Gasteiger charge is -2.40. The normalized spacial score (nSPS) is 19.5. The number of primary amides is 1. The molecule has 0 aromatic heterocycles. The lowest BCUT2D eigenvalue weighted by Crippen LogP contribution is -2.41. The Morgan fingerprint density at radius 1 is 1.22 bits per heavy atom.